The molecule has 1 aliphatic rings. The van der Waals surface area contributed by atoms with E-state index in [0.29, 0.717) is 5.56 Å². The quantitative estimate of drug-likeness (QED) is 0.657. The van der Waals surface area contributed by atoms with Crippen molar-refractivity contribution in [2.75, 3.05) is 6.61 Å². The van der Waals surface area contributed by atoms with Gasteiger partial charge in [-0.2, -0.15) is 25.2 Å². The fraction of sp³-hybridized carbons (Fsp3) is 0.400. The molecule has 1 unspecified atom stereocenters. The van der Waals surface area contributed by atoms with E-state index in [2.05, 4.69) is 12.0 Å². The minimum absolute atomic E-state index is 0.179. The number of aliphatic hydroxyl groups excluding tert-OH is 1. The summed E-state index contributed by atoms with van der Waals surface area (Å²) >= 11 is 0. The zero-order valence-electron chi connectivity index (χ0n) is 10.9. The zero-order valence-corrected chi connectivity index (χ0v) is 12.5. The van der Waals surface area contributed by atoms with Crippen molar-refractivity contribution in [3.05, 3.63) is 35.9 Å². The summed E-state index contributed by atoms with van der Waals surface area (Å²) in [5.41, 5.74) is 0.613. The highest BCUT2D eigenvalue weighted by Gasteiger charge is 2.55. The first kappa shape index (κ1) is 17.2. The Hall–Kier alpha value is -1.12. The van der Waals surface area contributed by atoms with Crippen molar-refractivity contribution in [3.8, 4) is 0 Å². The summed E-state index contributed by atoms with van der Waals surface area (Å²) in [4.78, 5) is 0. The standard InChI is InChI=1S/C10H12O10S2/c11-6-9(17-7-8-4-2-1-3-5-8)10(12)18-21(13,14)20-22(15,16)19-10/h1-5,9,11-12H,6-7H2. The number of ether oxygens (including phenoxy) is 1. The van der Waals surface area contributed by atoms with Crippen LogP contribution in [0.5, 0.6) is 0 Å². The summed E-state index contributed by atoms with van der Waals surface area (Å²) in [7, 11) is -10.2. The number of hydrogen-bond acceptors (Lipinski definition) is 10. The molecule has 0 bridgehead atoms. The van der Waals surface area contributed by atoms with E-state index in [1.807, 2.05) is 0 Å². The first-order valence-electron chi connectivity index (χ1n) is 5.77. The van der Waals surface area contributed by atoms with Crippen molar-refractivity contribution in [1.82, 2.24) is 0 Å². The van der Waals surface area contributed by atoms with E-state index in [4.69, 9.17) is 4.74 Å². The summed E-state index contributed by atoms with van der Waals surface area (Å²) in [5.74, 6) is -3.28. The predicted molar refractivity (Wildman–Crippen MR) is 68.1 cm³/mol. The summed E-state index contributed by atoms with van der Waals surface area (Å²) in [6.07, 6.45) is -1.83. The molecule has 1 saturated heterocycles. The lowest BCUT2D eigenvalue weighted by molar-refractivity contribution is -0.339. The van der Waals surface area contributed by atoms with Crippen LogP contribution in [0.1, 0.15) is 5.56 Å². The van der Waals surface area contributed by atoms with Gasteiger partial charge in [0, 0.05) is 0 Å². The van der Waals surface area contributed by atoms with Gasteiger partial charge in [0.2, 0.25) is 0 Å². The van der Waals surface area contributed by atoms with Crippen LogP contribution in [-0.2, 0) is 44.1 Å². The SMILES string of the molecule is O=S1(=O)OC(O)(C(CO)OCc2ccccc2)OS(=O)(=O)O1. The molecule has 0 amide bonds. The Kier molecular flexibility index (Phi) is 4.84. The van der Waals surface area contributed by atoms with E-state index < -0.39 is 39.5 Å². The normalized spacial score (nSPS) is 23.7. The third-order valence-electron chi connectivity index (χ3n) is 2.48. The molecule has 2 N–H and O–H groups in total. The van der Waals surface area contributed by atoms with E-state index in [9.17, 15) is 27.0 Å². The number of aliphatic hydroxyl groups is 2. The van der Waals surface area contributed by atoms with Gasteiger partial charge in [0.15, 0.2) is 6.10 Å². The van der Waals surface area contributed by atoms with Crippen molar-refractivity contribution in [2.24, 2.45) is 0 Å². The van der Waals surface area contributed by atoms with Gasteiger partial charge >= 0.3 is 26.8 Å². The van der Waals surface area contributed by atoms with Crippen molar-refractivity contribution < 1.29 is 43.8 Å². The lowest BCUT2D eigenvalue weighted by Gasteiger charge is -2.33. The molecule has 10 nitrogen and oxygen atoms in total. The van der Waals surface area contributed by atoms with Crippen LogP contribution < -0.4 is 0 Å². The molecular formula is C10H12O10S2. The van der Waals surface area contributed by atoms with Crippen molar-refractivity contribution in [3.63, 3.8) is 0 Å². The van der Waals surface area contributed by atoms with Crippen molar-refractivity contribution in [2.45, 2.75) is 18.7 Å². The Morgan fingerprint density at radius 1 is 1.09 bits per heavy atom. The summed E-state index contributed by atoms with van der Waals surface area (Å²) in [6, 6.07) is 8.43. The average Bonchev–Trinajstić information content (AvgIpc) is 2.36. The summed E-state index contributed by atoms with van der Waals surface area (Å²) in [5, 5.41) is 19.1. The molecule has 1 aliphatic heterocycles. The average molecular weight is 356 g/mol. The Labute approximate surface area is 126 Å². The lowest BCUT2D eigenvalue weighted by atomic mass is 10.2. The lowest BCUT2D eigenvalue weighted by Crippen LogP contribution is -2.56. The molecular weight excluding hydrogens is 344 g/mol. The predicted octanol–water partition coefficient (Wildman–Crippen LogP) is -1.24. The van der Waals surface area contributed by atoms with E-state index >= 15 is 0 Å². The second kappa shape index (κ2) is 6.17. The van der Waals surface area contributed by atoms with E-state index in [1.165, 1.54) is 0 Å². The largest absolute Gasteiger partial charge is 0.421 e. The Morgan fingerprint density at radius 3 is 2.14 bits per heavy atom. The third-order valence-corrected chi connectivity index (χ3v) is 4.70. The molecule has 1 fully saturated rings. The second-order valence-electron chi connectivity index (χ2n) is 4.15. The molecule has 124 valence electrons. The van der Waals surface area contributed by atoms with E-state index in [1.54, 1.807) is 30.3 Å². The Morgan fingerprint density at radius 2 is 1.64 bits per heavy atom. The highest BCUT2D eigenvalue weighted by molar-refractivity contribution is 7.95. The minimum atomic E-state index is -5.09. The molecule has 0 spiro atoms. The smallest absolute Gasteiger partial charge is 0.393 e. The van der Waals surface area contributed by atoms with E-state index in [0.717, 1.165) is 0 Å². The molecule has 2 rings (SSSR count). The Balaban J connectivity index is 2.18. The van der Waals surface area contributed by atoms with Gasteiger partial charge in [0.1, 0.15) is 0 Å². The first-order valence-corrected chi connectivity index (χ1v) is 8.43. The molecule has 0 saturated carbocycles. The molecule has 1 aromatic carbocycles. The fourth-order valence-electron chi connectivity index (χ4n) is 1.59. The second-order valence-corrected chi connectivity index (χ2v) is 6.66. The van der Waals surface area contributed by atoms with Crippen LogP contribution in [0.15, 0.2) is 30.3 Å². The summed E-state index contributed by atoms with van der Waals surface area (Å²) in [6.45, 7) is -1.17. The number of hydrogen-bond donors (Lipinski definition) is 2. The van der Waals surface area contributed by atoms with Crippen LogP contribution in [0.2, 0.25) is 0 Å². The molecule has 1 aromatic rings. The molecule has 12 heteroatoms. The highest BCUT2D eigenvalue weighted by atomic mass is 32.3. The molecule has 0 aromatic heterocycles. The van der Waals surface area contributed by atoms with Crippen LogP contribution in [0.3, 0.4) is 0 Å². The number of rotatable bonds is 5. The van der Waals surface area contributed by atoms with Crippen molar-refractivity contribution >= 4 is 20.8 Å². The Bertz CT molecular complexity index is 677. The van der Waals surface area contributed by atoms with Gasteiger partial charge in [-0.05, 0) is 5.56 Å². The van der Waals surface area contributed by atoms with Crippen LogP contribution in [0.4, 0.5) is 0 Å². The van der Waals surface area contributed by atoms with Gasteiger partial charge < -0.3 is 14.9 Å². The van der Waals surface area contributed by atoms with Gasteiger partial charge in [-0.1, -0.05) is 30.3 Å². The van der Waals surface area contributed by atoms with E-state index in [-0.39, 0.29) is 6.61 Å². The monoisotopic (exact) mass is 356 g/mol. The maximum Gasteiger partial charge on any atom is 0.421 e. The first-order chi connectivity index (χ1) is 10.2. The molecule has 0 radical (unpaired) electrons. The molecule has 1 atom stereocenters. The number of benzene rings is 1. The molecule has 22 heavy (non-hydrogen) atoms. The summed E-state index contributed by atoms with van der Waals surface area (Å²) < 4.78 is 61.4. The van der Waals surface area contributed by atoms with Gasteiger partial charge in [0.25, 0.3) is 0 Å². The van der Waals surface area contributed by atoms with Crippen LogP contribution >= 0.6 is 0 Å². The van der Waals surface area contributed by atoms with Crippen molar-refractivity contribution in [1.29, 1.82) is 0 Å². The topological polar surface area (TPSA) is 146 Å². The van der Waals surface area contributed by atoms with Gasteiger partial charge in [-0.25, -0.2) is 0 Å². The van der Waals surface area contributed by atoms with Gasteiger partial charge in [-0.15, -0.1) is 3.63 Å². The maximum absolute atomic E-state index is 11.2. The fourth-order valence-corrected chi connectivity index (χ4v) is 3.54. The van der Waals surface area contributed by atoms with Crippen LogP contribution in [-0.4, -0.2) is 45.7 Å². The van der Waals surface area contributed by atoms with Crippen LogP contribution in [0.25, 0.3) is 0 Å². The third kappa shape index (κ3) is 4.21. The maximum atomic E-state index is 11.2. The van der Waals surface area contributed by atoms with Gasteiger partial charge in [-0.3, -0.25) is 0 Å². The highest BCUT2D eigenvalue weighted by Crippen LogP contribution is 2.30. The van der Waals surface area contributed by atoms with Crippen LogP contribution in [0, 0.1) is 0 Å². The molecule has 1 heterocycles. The zero-order chi connectivity index (χ0) is 16.4. The molecule has 0 aliphatic carbocycles. The minimum Gasteiger partial charge on any atom is -0.393 e. The van der Waals surface area contributed by atoms with Gasteiger partial charge in [0.05, 0.1) is 13.2 Å².